The zero-order valence-corrected chi connectivity index (χ0v) is 10.5. The van der Waals surface area contributed by atoms with Gasteiger partial charge >= 0.3 is 5.97 Å². The van der Waals surface area contributed by atoms with Crippen LogP contribution < -0.4 is 5.32 Å². The zero-order valence-electron chi connectivity index (χ0n) is 10.5. The molecule has 1 N–H and O–H groups in total. The van der Waals surface area contributed by atoms with E-state index < -0.39 is 0 Å². The van der Waals surface area contributed by atoms with E-state index in [2.05, 4.69) is 5.32 Å². The third-order valence-corrected chi connectivity index (χ3v) is 3.09. The predicted octanol–water partition coefficient (Wildman–Crippen LogP) is 1.20. The standard InChI is InChI=1S/C12H23NO3/c1-9(2)11(12(14)15-3)13-8-10-4-6-16-7-5-10/h9-11,13H,4-8H2,1-3H3. The van der Waals surface area contributed by atoms with Gasteiger partial charge in [-0.1, -0.05) is 13.8 Å². The van der Waals surface area contributed by atoms with Gasteiger partial charge in [-0.25, -0.2) is 0 Å². The Balaban J connectivity index is 2.34. The molecule has 0 aromatic carbocycles. The Hall–Kier alpha value is -0.610. The minimum atomic E-state index is -0.187. The van der Waals surface area contributed by atoms with Crippen LogP contribution in [0.25, 0.3) is 0 Å². The van der Waals surface area contributed by atoms with Crippen LogP contribution in [-0.4, -0.2) is 38.9 Å². The number of esters is 1. The van der Waals surface area contributed by atoms with Gasteiger partial charge in [-0.3, -0.25) is 4.79 Å². The molecule has 1 fully saturated rings. The molecule has 0 saturated carbocycles. The highest BCUT2D eigenvalue weighted by atomic mass is 16.5. The maximum absolute atomic E-state index is 11.5. The van der Waals surface area contributed by atoms with E-state index in [0.29, 0.717) is 5.92 Å². The van der Waals surface area contributed by atoms with Crippen molar-refractivity contribution in [2.24, 2.45) is 11.8 Å². The summed E-state index contributed by atoms with van der Waals surface area (Å²) in [5.41, 5.74) is 0. The highest BCUT2D eigenvalue weighted by Gasteiger charge is 2.24. The number of hydrogen-bond acceptors (Lipinski definition) is 4. The number of nitrogens with one attached hydrogen (secondary N) is 1. The van der Waals surface area contributed by atoms with Gasteiger partial charge in [-0.05, 0) is 31.2 Å². The lowest BCUT2D eigenvalue weighted by molar-refractivity contribution is -0.144. The van der Waals surface area contributed by atoms with Gasteiger partial charge < -0.3 is 14.8 Å². The van der Waals surface area contributed by atoms with Crippen molar-refractivity contribution in [2.45, 2.75) is 32.7 Å². The van der Waals surface area contributed by atoms with E-state index in [9.17, 15) is 4.79 Å². The van der Waals surface area contributed by atoms with Crippen LogP contribution in [-0.2, 0) is 14.3 Å². The summed E-state index contributed by atoms with van der Waals surface area (Å²) in [7, 11) is 1.44. The van der Waals surface area contributed by atoms with Crippen LogP contribution in [0, 0.1) is 11.8 Å². The van der Waals surface area contributed by atoms with Gasteiger partial charge in [0.05, 0.1) is 7.11 Å². The van der Waals surface area contributed by atoms with Crippen LogP contribution in [0.3, 0.4) is 0 Å². The van der Waals surface area contributed by atoms with E-state index in [0.717, 1.165) is 32.6 Å². The number of carbonyl (C=O) groups excluding carboxylic acids is 1. The first-order valence-electron chi connectivity index (χ1n) is 6.04. The lowest BCUT2D eigenvalue weighted by Crippen LogP contribution is -2.44. The van der Waals surface area contributed by atoms with Crippen molar-refractivity contribution >= 4 is 5.97 Å². The van der Waals surface area contributed by atoms with Gasteiger partial charge in [0, 0.05) is 13.2 Å². The molecule has 94 valence electrons. The van der Waals surface area contributed by atoms with Gasteiger partial charge in [-0.15, -0.1) is 0 Å². The van der Waals surface area contributed by atoms with Crippen molar-refractivity contribution < 1.29 is 14.3 Å². The third kappa shape index (κ3) is 4.10. The zero-order chi connectivity index (χ0) is 12.0. The number of carbonyl (C=O) groups is 1. The lowest BCUT2D eigenvalue weighted by Gasteiger charge is -2.26. The molecule has 0 aromatic heterocycles. The summed E-state index contributed by atoms with van der Waals surface area (Å²) in [5, 5.41) is 3.31. The maximum atomic E-state index is 11.5. The first kappa shape index (κ1) is 13.5. The Labute approximate surface area is 97.7 Å². The van der Waals surface area contributed by atoms with Crippen LogP contribution in [0.5, 0.6) is 0 Å². The van der Waals surface area contributed by atoms with Gasteiger partial charge in [0.1, 0.15) is 6.04 Å². The molecule has 0 radical (unpaired) electrons. The molecule has 0 aromatic rings. The average molecular weight is 229 g/mol. The summed E-state index contributed by atoms with van der Waals surface area (Å²) in [6.07, 6.45) is 2.16. The molecule has 1 unspecified atom stereocenters. The molecule has 0 spiro atoms. The normalized spacial score (nSPS) is 19.8. The number of hydrogen-bond donors (Lipinski definition) is 1. The van der Waals surface area contributed by atoms with E-state index in [4.69, 9.17) is 9.47 Å². The fraction of sp³-hybridized carbons (Fsp3) is 0.917. The average Bonchev–Trinajstić information content (AvgIpc) is 2.30. The Morgan fingerprint density at radius 3 is 2.56 bits per heavy atom. The first-order chi connectivity index (χ1) is 7.65. The molecule has 0 amide bonds. The highest BCUT2D eigenvalue weighted by Crippen LogP contribution is 2.14. The Morgan fingerprint density at radius 2 is 2.06 bits per heavy atom. The first-order valence-corrected chi connectivity index (χ1v) is 6.04. The molecule has 4 heteroatoms. The molecule has 1 atom stereocenters. The van der Waals surface area contributed by atoms with Crippen LogP contribution >= 0.6 is 0 Å². The second kappa shape index (κ2) is 6.86. The van der Waals surface area contributed by atoms with E-state index in [1.165, 1.54) is 7.11 Å². The third-order valence-electron chi connectivity index (χ3n) is 3.09. The van der Waals surface area contributed by atoms with Crippen LogP contribution in [0.2, 0.25) is 0 Å². The molecule has 1 aliphatic heterocycles. The second-order valence-electron chi connectivity index (χ2n) is 4.71. The topological polar surface area (TPSA) is 47.6 Å². The van der Waals surface area contributed by atoms with Crippen molar-refractivity contribution in [3.63, 3.8) is 0 Å². The molecule has 16 heavy (non-hydrogen) atoms. The van der Waals surface area contributed by atoms with Crippen LogP contribution in [0.4, 0.5) is 0 Å². The predicted molar refractivity (Wildman–Crippen MR) is 62.2 cm³/mol. The van der Waals surface area contributed by atoms with E-state index in [-0.39, 0.29) is 17.9 Å². The van der Waals surface area contributed by atoms with Crippen molar-refractivity contribution in [2.75, 3.05) is 26.9 Å². The van der Waals surface area contributed by atoms with Crippen molar-refractivity contribution in [3.05, 3.63) is 0 Å². The minimum absolute atomic E-state index is 0.165. The van der Waals surface area contributed by atoms with E-state index >= 15 is 0 Å². The SMILES string of the molecule is COC(=O)C(NCC1CCOCC1)C(C)C. The van der Waals surface area contributed by atoms with Crippen LogP contribution in [0.15, 0.2) is 0 Å². The quantitative estimate of drug-likeness (QED) is 0.720. The molecular weight excluding hydrogens is 206 g/mol. The van der Waals surface area contributed by atoms with Crippen molar-refractivity contribution in [1.82, 2.24) is 5.32 Å². The Morgan fingerprint density at radius 1 is 1.44 bits per heavy atom. The summed E-state index contributed by atoms with van der Waals surface area (Å²) in [6.45, 7) is 6.62. The summed E-state index contributed by atoms with van der Waals surface area (Å²) < 4.78 is 10.1. The summed E-state index contributed by atoms with van der Waals surface area (Å²) in [5.74, 6) is 0.717. The molecular formula is C12H23NO3. The van der Waals surface area contributed by atoms with Gasteiger partial charge in [0.2, 0.25) is 0 Å². The Bertz CT molecular complexity index is 212. The number of rotatable bonds is 5. The van der Waals surface area contributed by atoms with Crippen LogP contribution in [0.1, 0.15) is 26.7 Å². The summed E-state index contributed by atoms with van der Waals surface area (Å²) >= 11 is 0. The Kier molecular flexibility index (Phi) is 5.77. The summed E-state index contributed by atoms with van der Waals surface area (Å²) in [6, 6.07) is -0.187. The largest absolute Gasteiger partial charge is 0.468 e. The smallest absolute Gasteiger partial charge is 0.323 e. The molecule has 1 rings (SSSR count). The van der Waals surface area contributed by atoms with E-state index in [1.807, 2.05) is 13.8 Å². The lowest BCUT2D eigenvalue weighted by atomic mass is 9.98. The highest BCUT2D eigenvalue weighted by molar-refractivity contribution is 5.75. The van der Waals surface area contributed by atoms with Gasteiger partial charge in [0.25, 0.3) is 0 Å². The molecule has 1 heterocycles. The number of methoxy groups -OCH3 is 1. The van der Waals surface area contributed by atoms with E-state index in [1.54, 1.807) is 0 Å². The van der Waals surface area contributed by atoms with Gasteiger partial charge in [0.15, 0.2) is 0 Å². The van der Waals surface area contributed by atoms with Crippen molar-refractivity contribution in [1.29, 1.82) is 0 Å². The number of ether oxygens (including phenoxy) is 2. The fourth-order valence-corrected chi connectivity index (χ4v) is 1.96. The molecule has 0 bridgehead atoms. The molecule has 1 aliphatic rings. The molecule has 4 nitrogen and oxygen atoms in total. The van der Waals surface area contributed by atoms with Crippen molar-refractivity contribution in [3.8, 4) is 0 Å². The van der Waals surface area contributed by atoms with Gasteiger partial charge in [-0.2, -0.15) is 0 Å². The minimum Gasteiger partial charge on any atom is -0.468 e. The molecule has 1 saturated heterocycles. The molecule has 0 aliphatic carbocycles. The second-order valence-corrected chi connectivity index (χ2v) is 4.71. The maximum Gasteiger partial charge on any atom is 0.323 e. The fourth-order valence-electron chi connectivity index (χ4n) is 1.96. The summed E-state index contributed by atoms with van der Waals surface area (Å²) in [4.78, 5) is 11.5. The monoisotopic (exact) mass is 229 g/mol.